The van der Waals surface area contributed by atoms with Crippen LogP contribution in [0.4, 0.5) is 5.69 Å². The predicted octanol–water partition coefficient (Wildman–Crippen LogP) is 0.833. The standard InChI is InChI=1S/C11H14N3O2P/c15-11(16)7-1-8(4-12-3-7)13-5-10-2-9(13)6-14(10)17/h1,3-4,9-10H,2,5-6,17H2,(H,15,16). The number of carboxylic acids is 1. The summed E-state index contributed by atoms with van der Waals surface area (Å²) >= 11 is 0. The lowest BCUT2D eigenvalue weighted by Crippen LogP contribution is -2.42. The topological polar surface area (TPSA) is 56.7 Å². The normalized spacial score (nSPS) is 27.7. The second-order valence-corrected chi connectivity index (χ2v) is 5.29. The second-order valence-electron chi connectivity index (χ2n) is 4.63. The molecule has 0 amide bonds. The zero-order chi connectivity index (χ0) is 12.0. The first-order valence-electron chi connectivity index (χ1n) is 5.61. The van der Waals surface area contributed by atoms with Crippen LogP contribution in [-0.4, -0.2) is 45.9 Å². The van der Waals surface area contributed by atoms with E-state index in [0.717, 1.165) is 25.2 Å². The highest BCUT2D eigenvalue weighted by molar-refractivity contribution is 7.13. The Labute approximate surface area is 102 Å². The predicted molar refractivity (Wildman–Crippen MR) is 67.2 cm³/mol. The van der Waals surface area contributed by atoms with Gasteiger partial charge in [0.1, 0.15) is 0 Å². The molecule has 3 rings (SSSR count). The zero-order valence-corrected chi connectivity index (χ0v) is 10.4. The highest BCUT2D eigenvalue weighted by Gasteiger charge is 2.41. The molecule has 17 heavy (non-hydrogen) atoms. The van der Waals surface area contributed by atoms with E-state index in [4.69, 9.17) is 5.11 Å². The van der Waals surface area contributed by atoms with Crippen LogP contribution in [0.5, 0.6) is 0 Å². The van der Waals surface area contributed by atoms with Crippen molar-refractivity contribution < 1.29 is 9.90 Å². The molecular formula is C11H14N3O2P. The fraction of sp³-hybridized carbons (Fsp3) is 0.455. The highest BCUT2D eigenvalue weighted by Crippen LogP contribution is 2.35. The van der Waals surface area contributed by atoms with Crippen molar-refractivity contribution >= 4 is 21.0 Å². The molecule has 2 aliphatic heterocycles. The average molecular weight is 251 g/mol. The van der Waals surface area contributed by atoms with Crippen molar-refractivity contribution in [3.05, 3.63) is 24.0 Å². The number of fused-ring (bicyclic) bond motifs is 2. The minimum absolute atomic E-state index is 0.257. The maximum absolute atomic E-state index is 10.9. The second kappa shape index (κ2) is 3.93. The monoisotopic (exact) mass is 251 g/mol. The van der Waals surface area contributed by atoms with Crippen LogP contribution >= 0.6 is 9.39 Å². The number of nitrogens with zero attached hydrogens (tertiary/aromatic N) is 3. The number of carboxylic acid groups (broad SMARTS) is 1. The number of aromatic nitrogens is 1. The van der Waals surface area contributed by atoms with Gasteiger partial charge in [0, 0.05) is 31.4 Å². The molecule has 5 nitrogen and oxygen atoms in total. The number of carbonyl (C=O) groups is 1. The Hall–Kier alpha value is -1.19. The largest absolute Gasteiger partial charge is 0.478 e. The number of piperazine rings is 1. The first-order valence-corrected chi connectivity index (χ1v) is 6.13. The van der Waals surface area contributed by atoms with E-state index in [0.29, 0.717) is 12.1 Å². The molecule has 0 saturated carbocycles. The Morgan fingerprint density at radius 2 is 2.24 bits per heavy atom. The molecule has 2 fully saturated rings. The molecule has 1 aromatic rings. The summed E-state index contributed by atoms with van der Waals surface area (Å²) < 4.78 is 2.29. The molecule has 3 atom stereocenters. The molecular weight excluding hydrogens is 237 g/mol. The highest BCUT2D eigenvalue weighted by atomic mass is 31.0. The number of hydrogen-bond donors (Lipinski definition) is 1. The number of aromatic carboxylic acids is 1. The smallest absolute Gasteiger partial charge is 0.337 e. The van der Waals surface area contributed by atoms with E-state index in [1.165, 1.54) is 6.20 Å². The van der Waals surface area contributed by atoms with Crippen molar-refractivity contribution in [3.63, 3.8) is 0 Å². The number of anilines is 1. The van der Waals surface area contributed by atoms with Gasteiger partial charge in [0.15, 0.2) is 0 Å². The molecule has 2 saturated heterocycles. The van der Waals surface area contributed by atoms with E-state index in [2.05, 4.69) is 23.9 Å². The van der Waals surface area contributed by atoms with Crippen molar-refractivity contribution in [2.75, 3.05) is 18.0 Å². The van der Waals surface area contributed by atoms with Crippen LogP contribution in [-0.2, 0) is 0 Å². The summed E-state index contributed by atoms with van der Waals surface area (Å²) in [6.07, 6.45) is 4.29. The molecule has 1 N–H and O–H groups in total. The molecule has 0 aromatic carbocycles. The quantitative estimate of drug-likeness (QED) is 0.789. The fourth-order valence-corrected chi connectivity index (χ4v) is 3.18. The van der Waals surface area contributed by atoms with Gasteiger partial charge in [-0.2, -0.15) is 0 Å². The summed E-state index contributed by atoms with van der Waals surface area (Å²) in [5.41, 5.74) is 1.18. The molecule has 0 radical (unpaired) electrons. The lowest BCUT2D eigenvalue weighted by molar-refractivity contribution is 0.0696. The van der Waals surface area contributed by atoms with Crippen LogP contribution in [0.15, 0.2) is 18.5 Å². The molecule has 6 heteroatoms. The van der Waals surface area contributed by atoms with Gasteiger partial charge in [-0.15, -0.1) is 0 Å². The van der Waals surface area contributed by atoms with Crippen LogP contribution in [0, 0.1) is 0 Å². The van der Waals surface area contributed by atoms with Crippen LogP contribution in [0.1, 0.15) is 16.8 Å². The maximum atomic E-state index is 10.9. The molecule has 0 aliphatic carbocycles. The average Bonchev–Trinajstić information content (AvgIpc) is 2.87. The molecule has 3 heterocycles. The summed E-state index contributed by atoms with van der Waals surface area (Å²) in [6.45, 7) is 1.98. The summed E-state index contributed by atoms with van der Waals surface area (Å²) in [5.74, 6) is -0.920. The molecule has 2 bridgehead atoms. The molecule has 0 spiro atoms. The maximum Gasteiger partial charge on any atom is 0.337 e. The summed E-state index contributed by atoms with van der Waals surface area (Å²) in [6, 6.07) is 2.77. The van der Waals surface area contributed by atoms with E-state index in [9.17, 15) is 4.79 Å². The molecule has 90 valence electrons. The summed E-state index contributed by atoms with van der Waals surface area (Å²) in [5, 5.41) is 8.96. The van der Waals surface area contributed by atoms with Gasteiger partial charge >= 0.3 is 5.97 Å². The Kier molecular flexibility index (Phi) is 2.53. The van der Waals surface area contributed by atoms with Gasteiger partial charge in [-0.05, 0) is 12.5 Å². The van der Waals surface area contributed by atoms with E-state index in [1.54, 1.807) is 12.3 Å². The third-order valence-electron chi connectivity index (χ3n) is 3.59. The van der Waals surface area contributed by atoms with Gasteiger partial charge < -0.3 is 10.0 Å². The zero-order valence-electron chi connectivity index (χ0n) is 9.28. The minimum atomic E-state index is -0.920. The third kappa shape index (κ3) is 1.79. The summed E-state index contributed by atoms with van der Waals surface area (Å²) in [7, 11) is 2.76. The van der Waals surface area contributed by atoms with Gasteiger partial charge in [0.2, 0.25) is 0 Å². The van der Waals surface area contributed by atoms with Crippen molar-refractivity contribution in [3.8, 4) is 0 Å². The van der Waals surface area contributed by atoms with Gasteiger partial charge in [-0.3, -0.25) is 9.65 Å². The van der Waals surface area contributed by atoms with Crippen molar-refractivity contribution in [1.82, 2.24) is 9.65 Å². The van der Waals surface area contributed by atoms with Crippen LogP contribution in [0.25, 0.3) is 0 Å². The van der Waals surface area contributed by atoms with E-state index in [-0.39, 0.29) is 5.56 Å². The van der Waals surface area contributed by atoms with Crippen LogP contribution in [0.3, 0.4) is 0 Å². The Bertz CT molecular complexity index is 466. The Morgan fingerprint density at radius 1 is 1.41 bits per heavy atom. The SMILES string of the molecule is O=C(O)c1cncc(N2CC3CC2CN3P)c1. The van der Waals surface area contributed by atoms with Gasteiger partial charge in [-0.1, -0.05) is 9.39 Å². The first-order chi connectivity index (χ1) is 8.15. The van der Waals surface area contributed by atoms with Crippen LogP contribution in [0.2, 0.25) is 0 Å². The van der Waals surface area contributed by atoms with E-state index >= 15 is 0 Å². The van der Waals surface area contributed by atoms with Crippen LogP contribution < -0.4 is 4.90 Å². The van der Waals surface area contributed by atoms with Crippen molar-refractivity contribution in [2.24, 2.45) is 0 Å². The van der Waals surface area contributed by atoms with Gasteiger partial charge in [0.05, 0.1) is 17.4 Å². The fourth-order valence-electron chi connectivity index (χ4n) is 2.72. The van der Waals surface area contributed by atoms with Crippen molar-refractivity contribution in [1.29, 1.82) is 0 Å². The molecule has 3 unspecified atom stereocenters. The number of hydrogen-bond acceptors (Lipinski definition) is 4. The number of rotatable bonds is 2. The molecule has 1 aromatic heterocycles. The van der Waals surface area contributed by atoms with E-state index in [1.807, 2.05) is 0 Å². The Morgan fingerprint density at radius 3 is 2.82 bits per heavy atom. The number of pyridine rings is 1. The van der Waals surface area contributed by atoms with E-state index < -0.39 is 5.97 Å². The van der Waals surface area contributed by atoms with Gasteiger partial charge in [-0.25, -0.2) is 4.79 Å². The first kappa shape index (κ1) is 10.9. The summed E-state index contributed by atoms with van der Waals surface area (Å²) in [4.78, 5) is 17.2. The lowest BCUT2D eigenvalue weighted by Gasteiger charge is -2.33. The molecule has 2 aliphatic rings. The Balaban J connectivity index is 1.86. The minimum Gasteiger partial charge on any atom is -0.478 e. The lowest BCUT2D eigenvalue weighted by atomic mass is 10.2. The van der Waals surface area contributed by atoms with Crippen molar-refractivity contribution in [2.45, 2.75) is 18.5 Å². The van der Waals surface area contributed by atoms with Gasteiger partial charge in [0.25, 0.3) is 0 Å². The third-order valence-corrected chi connectivity index (χ3v) is 4.22.